The molecule has 0 aromatic heterocycles. The Hall–Kier alpha value is -2.12. The van der Waals surface area contributed by atoms with Gasteiger partial charge >= 0.3 is 0 Å². The van der Waals surface area contributed by atoms with Gasteiger partial charge in [0.25, 0.3) is 0 Å². The van der Waals surface area contributed by atoms with E-state index in [-0.39, 0.29) is 17.4 Å². The maximum absolute atomic E-state index is 9.51. The van der Waals surface area contributed by atoms with Gasteiger partial charge in [-0.25, -0.2) is 0 Å². The number of rotatable bonds is 2. The Morgan fingerprint density at radius 3 is 2.11 bits per heavy atom. The predicted molar refractivity (Wildman–Crippen MR) is 115 cm³/mol. The first kappa shape index (κ1) is 18.3. The molecule has 0 bridgehead atoms. The summed E-state index contributed by atoms with van der Waals surface area (Å²) in [6, 6.07) is 17.9. The van der Waals surface area contributed by atoms with Crippen LogP contribution >= 0.6 is 0 Å². The topological polar surface area (TPSA) is 20.2 Å². The van der Waals surface area contributed by atoms with Gasteiger partial charge in [0.2, 0.25) is 0 Å². The monoisotopic (exact) mass is 358 g/mol. The van der Waals surface area contributed by atoms with Crippen molar-refractivity contribution in [1.82, 2.24) is 0 Å². The number of hydrogen-bond donors (Lipinski definition) is 1. The molecular weight excluding hydrogens is 328 g/mol. The van der Waals surface area contributed by atoms with Crippen LogP contribution < -0.4 is 0 Å². The van der Waals surface area contributed by atoms with Crippen molar-refractivity contribution in [1.29, 1.82) is 0 Å². The Bertz CT molecular complexity index is 1020. The van der Waals surface area contributed by atoms with E-state index in [9.17, 15) is 5.11 Å². The molecule has 27 heavy (non-hydrogen) atoms. The lowest BCUT2D eigenvalue weighted by Gasteiger charge is -2.42. The van der Waals surface area contributed by atoms with Crippen LogP contribution in [0.4, 0.5) is 0 Å². The van der Waals surface area contributed by atoms with Gasteiger partial charge in [0.05, 0.1) is 6.61 Å². The molecule has 140 valence electrons. The summed E-state index contributed by atoms with van der Waals surface area (Å²) in [6.45, 7) is 11.7. The van der Waals surface area contributed by atoms with Gasteiger partial charge in [0.1, 0.15) is 0 Å². The second kappa shape index (κ2) is 6.21. The molecule has 1 N–H and O–H groups in total. The lowest BCUT2D eigenvalue weighted by molar-refractivity contribution is 0.281. The number of aliphatic hydroxyl groups is 1. The van der Waals surface area contributed by atoms with Crippen molar-refractivity contribution in [2.24, 2.45) is 0 Å². The van der Waals surface area contributed by atoms with Crippen LogP contribution in [0.1, 0.15) is 62.8 Å². The van der Waals surface area contributed by atoms with E-state index in [0.717, 1.165) is 5.56 Å². The summed E-state index contributed by atoms with van der Waals surface area (Å²) < 4.78 is 0. The Morgan fingerprint density at radius 2 is 1.41 bits per heavy atom. The molecule has 1 aliphatic carbocycles. The molecule has 0 aliphatic heterocycles. The van der Waals surface area contributed by atoms with Gasteiger partial charge in [-0.2, -0.15) is 0 Å². The molecule has 0 spiro atoms. The zero-order chi connectivity index (χ0) is 19.4. The SMILES string of the molecule is Cc1c(CO)ccc2cc(-c3ccc4c(c3)C(C)(C)CCC4(C)C)ccc12. The molecule has 4 rings (SSSR count). The first-order valence-corrected chi connectivity index (χ1v) is 10.0. The fourth-order valence-corrected chi connectivity index (χ4v) is 4.65. The van der Waals surface area contributed by atoms with Gasteiger partial charge in [0.15, 0.2) is 0 Å². The van der Waals surface area contributed by atoms with E-state index in [1.165, 1.54) is 51.4 Å². The van der Waals surface area contributed by atoms with Crippen LogP contribution in [0.2, 0.25) is 0 Å². The summed E-state index contributed by atoms with van der Waals surface area (Å²) >= 11 is 0. The average molecular weight is 359 g/mol. The van der Waals surface area contributed by atoms with Crippen LogP contribution in [0.25, 0.3) is 21.9 Å². The number of hydrogen-bond acceptors (Lipinski definition) is 1. The second-order valence-electron chi connectivity index (χ2n) is 9.47. The van der Waals surface area contributed by atoms with E-state index < -0.39 is 0 Å². The van der Waals surface area contributed by atoms with Gasteiger partial charge in [-0.15, -0.1) is 0 Å². The van der Waals surface area contributed by atoms with Crippen molar-refractivity contribution < 1.29 is 5.11 Å². The molecule has 3 aromatic carbocycles. The zero-order valence-electron chi connectivity index (χ0n) is 17.2. The van der Waals surface area contributed by atoms with Crippen LogP contribution in [-0.4, -0.2) is 5.11 Å². The van der Waals surface area contributed by atoms with Crippen LogP contribution in [0.3, 0.4) is 0 Å². The van der Waals surface area contributed by atoms with Gasteiger partial charge < -0.3 is 5.11 Å². The van der Waals surface area contributed by atoms with Gasteiger partial charge in [0, 0.05) is 0 Å². The third-order valence-corrected chi connectivity index (χ3v) is 6.76. The molecule has 1 aliphatic rings. The molecule has 0 saturated heterocycles. The van der Waals surface area contributed by atoms with E-state index in [4.69, 9.17) is 0 Å². The summed E-state index contributed by atoms with van der Waals surface area (Å²) in [6.07, 6.45) is 2.48. The minimum Gasteiger partial charge on any atom is -0.392 e. The minimum absolute atomic E-state index is 0.0964. The molecule has 0 amide bonds. The molecule has 1 heteroatoms. The molecule has 3 aromatic rings. The van der Waals surface area contributed by atoms with Crippen molar-refractivity contribution in [3.8, 4) is 11.1 Å². The molecule has 0 unspecified atom stereocenters. The van der Waals surface area contributed by atoms with Crippen molar-refractivity contribution in [2.75, 3.05) is 0 Å². The summed E-state index contributed by atoms with van der Waals surface area (Å²) in [7, 11) is 0. The van der Waals surface area contributed by atoms with Crippen molar-refractivity contribution in [2.45, 2.75) is 64.9 Å². The zero-order valence-corrected chi connectivity index (χ0v) is 17.2. The van der Waals surface area contributed by atoms with E-state index in [0.29, 0.717) is 0 Å². The Balaban J connectivity index is 1.85. The molecule has 0 fully saturated rings. The average Bonchev–Trinajstić information content (AvgIpc) is 2.65. The first-order chi connectivity index (χ1) is 12.7. The number of fused-ring (bicyclic) bond motifs is 2. The van der Waals surface area contributed by atoms with E-state index in [1.54, 1.807) is 0 Å². The van der Waals surface area contributed by atoms with Crippen LogP contribution in [0.15, 0.2) is 48.5 Å². The van der Waals surface area contributed by atoms with Crippen LogP contribution in [-0.2, 0) is 17.4 Å². The van der Waals surface area contributed by atoms with E-state index >= 15 is 0 Å². The number of benzene rings is 3. The highest BCUT2D eigenvalue weighted by Gasteiger charge is 2.36. The maximum Gasteiger partial charge on any atom is 0.0684 e. The minimum atomic E-state index is 0.0964. The van der Waals surface area contributed by atoms with Crippen molar-refractivity contribution in [3.05, 3.63) is 70.8 Å². The van der Waals surface area contributed by atoms with Crippen LogP contribution in [0.5, 0.6) is 0 Å². The smallest absolute Gasteiger partial charge is 0.0684 e. The summed E-state index contributed by atoms with van der Waals surface area (Å²) in [5.41, 5.74) is 8.23. The fourth-order valence-electron chi connectivity index (χ4n) is 4.65. The lowest BCUT2D eigenvalue weighted by Crippen LogP contribution is -2.33. The molecule has 0 saturated carbocycles. The standard InChI is InChI=1S/C26H30O/c1-17-21(16-27)7-6-20-14-18(8-10-22(17)20)19-9-11-23-24(15-19)26(4,5)13-12-25(23,2)3/h6-11,14-15,27H,12-13,16H2,1-5H3. The Labute approximate surface area is 163 Å². The van der Waals surface area contributed by atoms with Gasteiger partial charge in [-0.05, 0) is 80.8 Å². The van der Waals surface area contributed by atoms with Crippen LogP contribution in [0, 0.1) is 6.92 Å². The molecule has 1 nitrogen and oxygen atoms in total. The normalized spacial score (nSPS) is 17.7. The van der Waals surface area contributed by atoms with E-state index in [2.05, 4.69) is 77.1 Å². The van der Waals surface area contributed by atoms with E-state index in [1.807, 2.05) is 6.07 Å². The maximum atomic E-state index is 9.51. The highest BCUT2D eigenvalue weighted by Crippen LogP contribution is 2.46. The third-order valence-electron chi connectivity index (χ3n) is 6.76. The lowest BCUT2D eigenvalue weighted by atomic mass is 9.63. The molecular formula is C26H30O. The molecule has 0 atom stereocenters. The third kappa shape index (κ3) is 2.99. The fraction of sp³-hybridized carbons (Fsp3) is 0.385. The number of aliphatic hydroxyl groups excluding tert-OH is 1. The summed E-state index contributed by atoms with van der Waals surface area (Å²) in [4.78, 5) is 0. The van der Waals surface area contributed by atoms with Crippen molar-refractivity contribution in [3.63, 3.8) is 0 Å². The largest absolute Gasteiger partial charge is 0.392 e. The van der Waals surface area contributed by atoms with Gasteiger partial charge in [-0.3, -0.25) is 0 Å². The Kier molecular flexibility index (Phi) is 4.20. The number of aryl methyl sites for hydroxylation is 1. The van der Waals surface area contributed by atoms with Crippen molar-refractivity contribution >= 4 is 10.8 Å². The van der Waals surface area contributed by atoms with Gasteiger partial charge in [-0.1, -0.05) is 70.2 Å². The summed E-state index contributed by atoms with van der Waals surface area (Å²) in [5, 5.41) is 12.0. The summed E-state index contributed by atoms with van der Waals surface area (Å²) in [5.74, 6) is 0. The quantitative estimate of drug-likeness (QED) is 0.543. The first-order valence-electron chi connectivity index (χ1n) is 10.0. The molecule has 0 heterocycles. The Morgan fingerprint density at radius 1 is 0.778 bits per heavy atom. The highest BCUT2D eigenvalue weighted by molar-refractivity contribution is 5.90. The molecule has 0 radical (unpaired) electrons. The predicted octanol–water partition coefficient (Wildman–Crippen LogP) is 6.66. The second-order valence-corrected chi connectivity index (χ2v) is 9.47. The highest BCUT2D eigenvalue weighted by atomic mass is 16.3.